The lowest BCUT2D eigenvalue weighted by molar-refractivity contribution is 0.252. The number of hydrogen-bond donors (Lipinski definition) is 1. The number of rotatable bonds is 1. The number of nitrogens with one attached hydrogen (secondary N) is 1. The van der Waals surface area contributed by atoms with Gasteiger partial charge >= 0.3 is 6.03 Å². The molecular weight excluding hydrogens is 310 g/mol. The Morgan fingerprint density at radius 1 is 1.35 bits per heavy atom. The van der Waals surface area contributed by atoms with Gasteiger partial charge in [-0.2, -0.15) is 0 Å². The van der Waals surface area contributed by atoms with Gasteiger partial charge in [0.25, 0.3) is 0 Å². The molecule has 2 amide bonds. The molecule has 1 saturated heterocycles. The molecule has 1 aliphatic carbocycles. The molecule has 2 aliphatic heterocycles. The van der Waals surface area contributed by atoms with Crippen molar-refractivity contribution in [1.29, 1.82) is 0 Å². The van der Waals surface area contributed by atoms with Crippen LogP contribution in [0.5, 0.6) is 5.75 Å². The molecule has 3 aliphatic rings. The summed E-state index contributed by atoms with van der Waals surface area (Å²) in [6.45, 7) is 1.27. The lowest BCUT2D eigenvalue weighted by Gasteiger charge is -2.14. The Hall–Kier alpha value is -2.26. The molecule has 23 heavy (non-hydrogen) atoms. The first-order valence-electron chi connectivity index (χ1n) is 7.93. The largest absolute Gasteiger partial charge is 0.493 e. The topological polar surface area (TPSA) is 54.5 Å². The Labute approximate surface area is 137 Å². The van der Waals surface area contributed by atoms with Crippen molar-refractivity contribution in [2.75, 3.05) is 18.1 Å². The maximum Gasteiger partial charge on any atom is 0.324 e. The molecule has 6 heteroatoms. The van der Waals surface area contributed by atoms with Crippen LogP contribution >= 0.6 is 11.3 Å². The highest BCUT2D eigenvalue weighted by Gasteiger charge is 2.34. The fourth-order valence-corrected chi connectivity index (χ4v) is 4.08. The normalized spacial score (nSPS) is 22.5. The summed E-state index contributed by atoms with van der Waals surface area (Å²) in [5, 5.41) is 3.61. The van der Waals surface area contributed by atoms with Gasteiger partial charge in [-0.25, -0.2) is 9.78 Å². The SMILES string of the molecule is O=C1NCC(C#CC2CC2)N1c1nc2c3c(ccc2s1)OCC3. The van der Waals surface area contributed by atoms with Crippen molar-refractivity contribution in [2.45, 2.75) is 25.3 Å². The van der Waals surface area contributed by atoms with E-state index in [2.05, 4.69) is 17.2 Å². The number of hydrogen-bond acceptors (Lipinski definition) is 4. The molecule has 5 rings (SSSR count). The first-order valence-corrected chi connectivity index (χ1v) is 8.74. The van der Waals surface area contributed by atoms with Crippen molar-refractivity contribution >= 4 is 32.7 Å². The van der Waals surface area contributed by atoms with Crippen molar-refractivity contribution in [3.63, 3.8) is 0 Å². The van der Waals surface area contributed by atoms with E-state index in [4.69, 9.17) is 9.72 Å². The maximum absolute atomic E-state index is 12.2. The number of ether oxygens (including phenoxy) is 1. The summed E-state index contributed by atoms with van der Waals surface area (Å²) in [7, 11) is 0. The summed E-state index contributed by atoms with van der Waals surface area (Å²) in [5.74, 6) is 7.97. The molecule has 1 aromatic heterocycles. The van der Waals surface area contributed by atoms with Gasteiger partial charge in [0.2, 0.25) is 0 Å². The quantitative estimate of drug-likeness (QED) is 0.820. The van der Waals surface area contributed by atoms with Crippen LogP contribution in [0.25, 0.3) is 10.2 Å². The van der Waals surface area contributed by atoms with Crippen LogP contribution in [0.4, 0.5) is 9.93 Å². The lowest BCUT2D eigenvalue weighted by atomic mass is 10.1. The number of thiazole rings is 1. The summed E-state index contributed by atoms with van der Waals surface area (Å²) in [5.41, 5.74) is 2.12. The highest BCUT2D eigenvalue weighted by molar-refractivity contribution is 7.22. The number of aromatic nitrogens is 1. The zero-order chi connectivity index (χ0) is 15.4. The minimum absolute atomic E-state index is 0.105. The van der Waals surface area contributed by atoms with Crippen molar-refractivity contribution in [2.24, 2.45) is 5.92 Å². The monoisotopic (exact) mass is 325 g/mol. The Morgan fingerprint density at radius 2 is 2.26 bits per heavy atom. The van der Waals surface area contributed by atoms with Gasteiger partial charge in [0.05, 0.1) is 23.4 Å². The summed E-state index contributed by atoms with van der Waals surface area (Å²) in [4.78, 5) is 18.7. The number of benzene rings is 1. The molecular formula is C17H15N3O2S. The number of amides is 2. The smallest absolute Gasteiger partial charge is 0.324 e. The second-order valence-corrected chi connectivity index (χ2v) is 7.13. The Morgan fingerprint density at radius 3 is 3.13 bits per heavy atom. The molecule has 0 radical (unpaired) electrons. The third-order valence-corrected chi connectivity index (χ3v) is 5.46. The summed E-state index contributed by atoms with van der Waals surface area (Å²) in [6.07, 6.45) is 3.26. The zero-order valence-electron chi connectivity index (χ0n) is 12.5. The van der Waals surface area contributed by atoms with E-state index in [9.17, 15) is 4.79 Å². The van der Waals surface area contributed by atoms with Gasteiger partial charge in [-0.1, -0.05) is 23.2 Å². The fraction of sp³-hybridized carbons (Fsp3) is 0.412. The second-order valence-electron chi connectivity index (χ2n) is 6.12. The van der Waals surface area contributed by atoms with E-state index >= 15 is 0 Å². The van der Waals surface area contributed by atoms with E-state index in [0.717, 1.165) is 33.1 Å². The van der Waals surface area contributed by atoms with Crippen molar-refractivity contribution in [1.82, 2.24) is 10.3 Å². The van der Waals surface area contributed by atoms with Crippen LogP contribution in [0.3, 0.4) is 0 Å². The minimum Gasteiger partial charge on any atom is -0.493 e. The van der Waals surface area contributed by atoms with Crippen LogP contribution < -0.4 is 15.0 Å². The predicted octanol–water partition coefficient (Wildman–Crippen LogP) is 2.54. The average Bonchev–Trinajstić information content (AvgIpc) is 2.96. The molecule has 5 nitrogen and oxygen atoms in total. The van der Waals surface area contributed by atoms with E-state index in [0.29, 0.717) is 19.1 Å². The third-order valence-electron chi connectivity index (χ3n) is 4.44. The maximum atomic E-state index is 12.2. The Kier molecular flexibility index (Phi) is 2.79. The molecule has 2 fully saturated rings. The van der Waals surface area contributed by atoms with Crippen molar-refractivity contribution in [3.8, 4) is 17.6 Å². The highest BCUT2D eigenvalue weighted by atomic mass is 32.1. The van der Waals surface area contributed by atoms with Gasteiger partial charge in [-0.15, -0.1) is 0 Å². The Bertz CT molecular complexity index is 875. The molecule has 1 atom stereocenters. The number of fused-ring (bicyclic) bond motifs is 3. The molecule has 1 aromatic carbocycles. The van der Waals surface area contributed by atoms with Crippen molar-refractivity contribution < 1.29 is 9.53 Å². The van der Waals surface area contributed by atoms with Crippen LogP contribution in [-0.4, -0.2) is 30.2 Å². The van der Waals surface area contributed by atoms with Gasteiger partial charge in [0.1, 0.15) is 11.8 Å². The molecule has 1 unspecified atom stereocenters. The molecule has 116 valence electrons. The second kappa shape index (κ2) is 4.87. The van der Waals surface area contributed by atoms with Gasteiger partial charge in [0.15, 0.2) is 5.13 Å². The summed E-state index contributed by atoms with van der Waals surface area (Å²) < 4.78 is 6.70. The minimum atomic E-state index is -0.118. The van der Waals surface area contributed by atoms with E-state index < -0.39 is 0 Å². The van der Waals surface area contributed by atoms with E-state index in [-0.39, 0.29) is 12.1 Å². The number of nitrogens with zero attached hydrogens (tertiary/aromatic N) is 2. The van der Waals surface area contributed by atoms with Gasteiger partial charge in [-0.3, -0.25) is 4.90 Å². The zero-order valence-corrected chi connectivity index (χ0v) is 13.3. The Balaban J connectivity index is 1.56. The molecule has 2 aromatic rings. The van der Waals surface area contributed by atoms with Gasteiger partial charge in [-0.05, 0) is 25.0 Å². The first kappa shape index (κ1) is 13.2. The number of carbonyl (C=O) groups is 1. The van der Waals surface area contributed by atoms with Gasteiger partial charge in [0, 0.05) is 17.9 Å². The van der Waals surface area contributed by atoms with Crippen LogP contribution in [0, 0.1) is 17.8 Å². The molecule has 1 N–H and O–H groups in total. The van der Waals surface area contributed by atoms with Gasteiger partial charge < -0.3 is 10.1 Å². The highest BCUT2D eigenvalue weighted by Crippen LogP contribution is 2.38. The predicted molar refractivity (Wildman–Crippen MR) is 89.0 cm³/mol. The van der Waals surface area contributed by atoms with Crippen LogP contribution in [0.2, 0.25) is 0 Å². The van der Waals surface area contributed by atoms with E-state index in [1.54, 1.807) is 16.2 Å². The number of urea groups is 1. The third kappa shape index (κ3) is 2.15. The number of carbonyl (C=O) groups excluding carboxylic acids is 1. The van der Waals surface area contributed by atoms with E-state index in [1.807, 2.05) is 12.1 Å². The first-order chi connectivity index (χ1) is 11.3. The van der Waals surface area contributed by atoms with Crippen LogP contribution in [0.1, 0.15) is 18.4 Å². The fourth-order valence-electron chi connectivity index (χ4n) is 3.04. The summed E-state index contributed by atoms with van der Waals surface area (Å²) in [6, 6.07) is 3.81. The number of anilines is 1. The molecule has 0 spiro atoms. The molecule has 1 saturated carbocycles. The molecule has 3 heterocycles. The van der Waals surface area contributed by atoms with Crippen LogP contribution in [0.15, 0.2) is 12.1 Å². The lowest BCUT2D eigenvalue weighted by Crippen LogP contribution is -2.33. The van der Waals surface area contributed by atoms with Crippen molar-refractivity contribution in [3.05, 3.63) is 17.7 Å². The van der Waals surface area contributed by atoms with E-state index in [1.165, 1.54) is 12.8 Å². The molecule has 0 bridgehead atoms. The average molecular weight is 325 g/mol. The standard InChI is InChI=1S/C17H15N3O2S/c21-16-18-9-11(4-3-10-1-2-10)20(16)17-19-15-12-7-8-22-13(12)5-6-14(15)23-17/h5-6,10-11H,1-2,7-9H2,(H,18,21). The van der Waals surface area contributed by atoms with Crippen LogP contribution in [-0.2, 0) is 6.42 Å². The summed E-state index contributed by atoms with van der Waals surface area (Å²) >= 11 is 1.55.